The summed E-state index contributed by atoms with van der Waals surface area (Å²) in [6.45, 7) is 1.93. The van der Waals surface area contributed by atoms with Crippen LogP contribution in [0.15, 0.2) is 12.1 Å². The third kappa shape index (κ3) is 1.39. The minimum absolute atomic E-state index is 0.610. The van der Waals surface area contributed by atoms with Crippen molar-refractivity contribution in [3.8, 4) is 5.75 Å². The van der Waals surface area contributed by atoms with Crippen molar-refractivity contribution in [3.05, 3.63) is 28.4 Å². The number of nitrogens with zero attached hydrogens (tertiary/aromatic N) is 1. The number of aromatic nitrogens is 1. The van der Waals surface area contributed by atoms with Crippen molar-refractivity contribution in [1.29, 1.82) is 0 Å². The van der Waals surface area contributed by atoms with Crippen LogP contribution >= 0.6 is 11.6 Å². The molecule has 2 aromatic rings. The molecule has 0 aliphatic rings. The van der Waals surface area contributed by atoms with Crippen LogP contribution in [0, 0.1) is 6.92 Å². The van der Waals surface area contributed by atoms with Gasteiger partial charge in [0.05, 0.1) is 18.3 Å². The molecule has 0 fully saturated rings. The van der Waals surface area contributed by atoms with Gasteiger partial charge in [-0.05, 0) is 18.6 Å². The molecule has 0 radical (unpaired) electrons. The predicted octanol–water partition coefficient (Wildman–Crippen LogP) is 2.96. The highest BCUT2D eigenvalue weighted by atomic mass is 35.5. The highest BCUT2D eigenvalue weighted by Crippen LogP contribution is 2.35. The average molecular weight is 238 g/mol. The molecule has 0 aliphatic heterocycles. The van der Waals surface area contributed by atoms with Gasteiger partial charge in [-0.3, -0.25) is 4.79 Å². The topological polar surface area (TPSA) is 31.2 Å². The maximum atomic E-state index is 10.9. The Kier molecular flexibility index (Phi) is 2.64. The number of carbonyl (C=O) groups is 1. The van der Waals surface area contributed by atoms with E-state index in [-0.39, 0.29) is 0 Å². The summed E-state index contributed by atoms with van der Waals surface area (Å²) in [6.07, 6.45) is 0.826. The number of hydrogen-bond donors (Lipinski definition) is 0. The lowest BCUT2D eigenvalue weighted by Gasteiger charge is -2.08. The lowest BCUT2D eigenvalue weighted by molar-refractivity contribution is 0.111. The standard InChI is InChI=1S/C12H12ClNO2/c1-7-9-4-8(6-15)14(2)12(9)11(16-3)5-10(7)13/h4-6H,1-3H3. The first-order chi connectivity index (χ1) is 7.60. The summed E-state index contributed by atoms with van der Waals surface area (Å²) in [4.78, 5) is 10.9. The molecule has 2 rings (SSSR count). The second-order valence-electron chi connectivity index (χ2n) is 3.69. The fraction of sp³-hybridized carbons (Fsp3) is 0.250. The summed E-state index contributed by atoms with van der Waals surface area (Å²) < 4.78 is 7.09. The van der Waals surface area contributed by atoms with E-state index in [9.17, 15) is 4.79 Å². The Morgan fingerprint density at radius 3 is 2.69 bits per heavy atom. The molecule has 0 spiro atoms. The molecule has 4 heteroatoms. The fourth-order valence-electron chi connectivity index (χ4n) is 1.90. The number of aldehydes is 1. The van der Waals surface area contributed by atoms with E-state index < -0.39 is 0 Å². The molecule has 16 heavy (non-hydrogen) atoms. The number of aryl methyl sites for hydroxylation is 2. The number of rotatable bonds is 2. The number of fused-ring (bicyclic) bond motifs is 1. The van der Waals surface area contributed by atoms with Gasteiger partial charge in [0, 0.05) is 23.5 Å². The van der Waals surface area contributed by atoms with Gasteiger partial charge in [0.15, 0.2) is 6.29 Å². The maximum Gasteiger partial charge on any atom is 0.166 e. The Bertz CT molecular complexity index is 572. The van der Waals surface area contributed by atoms with Gasteiger partial charge >= 0.3 is 0 Å². The van der Waals surface area contributed by atoms with Gasteiger partial charge in [-0.25, -0.2) is 0 Å². The first kappa shape index (κ1) is 11.0. The van der Waals surface area contributed by atoms with Gasteiger partial charge in [-0.2, -0.15) is 0 Å². The van der Waals surface area contributed by atoms with Crippen molar-refractivity contribution < 1.29 is 9.53 Å². The van der Waals surface area contributed by atoms with Gasteiger partial charge in [0.2, 0.25) is 0 Å². The van der Waals surface area contributed by atoms with Crippen molar-refractivity contribution in [3.63, 3.8) is 0 Å². The van der Waals surface area contributed by atoms with Gasteiger partial charge in [-0.1, -0.05) is 11.6 Å². The van der Waals surface area contributed by atoms with Crippen LogP contribution in [0.25, 0.3) is 10.9 Å². The van der Waals surface area contributed by atoms with Crippen LogP contribution in [-0.4, -0.2) is 18.0 Å². The monoisotopic (exact) mass is 237 g/mol. The Balaban J connectivity index is 2.96. The van der Waals surface area contributed by atoms with Crippen molar-refractivity contribution in [1.82, 2.24) is 4.57 Å². The molecule has 1 aromatic carbocycles. The second-order valence-corrected chi connectivity index (χ2v) is 4.10. The van der Waals surface area contributed by atoms with E-state index in [0.29, 0.717) is 16.5 Å². The van der Waals surface area contributed by atoms with E-state index in [1.807, 2.05) is 24.6 Å². The quantitative estimate of drug-likeness (QED) is 0.752. The zero-order valence-electron chi connectivity index (χ0n) is 9.37. The van der Waals surface area contributed by atoms with E-state index >= 15 is 0 Å². The first-order valence-electron chi connectivity index (χ1n) is 4.87. The molecule has 0 atom stereocenters. The first-order valence-corrected chi connectivity index (χ1v) is 5.25. The van der Waals surface area contributed by atoms with Crippen LogP contribution in [0.5, 0.6) is 5.75 Å². The predicted molar refractivity (Wildman–Crippen MR) is 64.6 cm³/mol. The van der Waals surface area contributed by atoms with Crippen LogP contribution in [0.2, 0.25) is 5.02 Å². The van der Waals surface area contributed by atoms with Gasteiger partial charge < -0.3 is 9.30 Å². The molecule has 0 amide bonds. The molecule has 0 saturated heterocycles. The molecule has 1 heterocycles. The lowest BCUT2D eigenvalue weighted by Crippen LogP contribution is -1.96. The fourth-order valence-corrected chi connectivity index (χ4v) is 2.10. The zero-order chi connectivity index (χ0) is 11.9. The number of carbonyl (C=O) groups excluding carboxylic acids is 1. The van der Waals surface area contributed by atoms with E-state index in [1.165, 1.54) is 0 Å². The number of benzene rings is 1. The van der Waals surface area contributed by atoms with Crippen LogP contribution in [0.1, 0.15) is 16.1 Å². The molecule has 3 nitrogen and oxygen atoms in total. The van der Waals surface area contributed by atoms with Crippen molar-refractivity contribution in [2.75, 3.05) is 7.11 Å². The average Bonchev–Trinajstić information content (AvgIpc) is 2.61. The maximum absolute atomic E-state index is 10.9. The lowest BCUT2D eigenvalue weighted by atomic mass is 10.1. The van der Waals surface area contributed by atoms with E-state index in [2.05, 4.69) is 0 Å². The summed E-state index contributed by atoms with van der Waals surface area (Å²) in [6, 6.07) is 3.60. The normalized spacial score (nSPS) is 10.8. The van der Waals surface area contributed by atoms with Crippen LogP contribution < -0.4 is 4.74 Å². The molecule has 84 valence electrons. The third-order valence-corrected chi connectivity index (χ3v) is 3.26. The van der Waals surface area contributed by atoms with Gasteiger partial charge in [-0.15, -0.1) is 0 Å². The molecular formula is C12H12ClNO2. The minimum atomic E-state index is 0.610. The molecule has 0 bridgehead atoms. The molecule has 1 aromatic heterocycles. The highest BCUT2D eigenvalue weighted by molar-refractivity contribution is 6.32. The minimum Gasteiger partial charge on any atom is -0.494 e. The summed E-state index contributed by atoms with van der Waals surface area (Å²) in [7, 11) is 3.43. The zero-order valence-corrected chi connectivity index (χ0v) is 10.1. The van der Waals surface area contributed by atoms with Gasteiger partial charge in [0.1, 0.15) is 5.75 Å². The van der Waals surface area contributed by atoms with Crippen LogP contribution in [0.4, 0.5) is 0 Å². The van der Waals surface area contributed by atoms with Crippen molar-refractivity contribution >= 4 is 28.8 Å². The molecular weight excluding hydrogens is 226 g/mol. The number of halogens is 1. The van der Waals surface area contributed by atoms with Gasteiger partial charge in [0.25, 0.3) is 0 Å². The molecule has 0 N–H and O–H groups in total. The number of hydrogen-bond acceptors (Lipinski definition) is 2. The summed E-state index contributed by atoms with van der Waals surface area (Å²) in [5.41, 5.74) is 2.46. The SMILES string of the molecule is COc1cc(Cl)c(C)c2cc(C=O)n(C)c12. The van der Waals surface area contributed by atoms with Crippen molar-refractivity contribution in [2.45, 2.75) is 6.92 Å². The van der Waals surface area contributed by atoms with Crippen LogP contribution in [0.3, 0.4) is 0 Å². The Labute approximate surface area is 98.6 Å². The van der Waals surface area contributed by atoms with Crippen molar-refractivity contribution in [2.24, 2.45) is 7.05 Å². The summed E-state index contributed by atoms with van der Waals surface area (Å²) in [5.74, 6) is 0.682. The van der Waals surface area contributed by atoms with E-state index in [4.69, 9.17) is 16.3 Å². The Morgan fingerprint density at radius 2 is 2.12 bits per heavy atom. The Morgan fingerprint density at radius 1 is 1.44 bits per heavy atom. The molecule has 0 aliphatic carbocycles. The number of ether oxygens (including phenoxy) is 1. The summed E-state index contributed by atoms with van der Waals surface area (Å²) in [5, 5.41) is 1.60. The Hall–Kier alpha value is -1.48. The summed E-state index contributed by atoms with van der Waals surface area (Å²) >= 11 is 6.10. The smallest absolute Gasteiger partial charge is 0.166 e. The second kappa shape index (κ2) is 3.83. The van der Waals surface area contributed by atoms with E-state index in [0.717, 1.165) is 22.8 Å². The molecule has 0 saturated carbocycles. The molecule has 0 unspecified atom stereocenters. The largest absolute Gasteiger partial charge is 0.494 e. The third-order valence-electron chi connectivity index (χ3n) is 2.86. The van der Waals surface area contributed by atoms with Crippen LogP contribution in [-0.2, 0) is 7.05 Å². The van der Waals surface area contributed by atoms with E-state index in [1.54, 1.807) is 13.2 Å². The number of methoxy groups -OCH3 is 1. The highest BCUT2D eigenvalue weighted by Gasteiger charge is 2.14.